The fraction of sp³-hybridized carbons (Fsp3) is 1.00. The van der Waals surface area contributed by atoms with Crippen LogP contribution in [0.4, 0.5) is 13.2 Å². The minimum atomic E-state index is -4.10. The summed E-state index contributed by atoms with van der Waals surface area (Å²) in [5.74, 6) is 1.44. The quantitative estimate of drug-likeness (QED) is 0.841. The van der Waals surface area contributed by atoms with Crippen LogP contribution in [0.15, 0.2) is 0 Å². The Morgan fingerprint density at radius 2 is 1.80 bits per heavy atom. The Morgan fingerprint density at radius 1 is 1.15 bits per heavy atom. The first-order chi connectivity index (χ1) is 9.26. The molecule has 0 aromatic heterocycles. The summed E-state index contributed by atoms with van der Waals surface area (Å²) in [7, 11) is 0. The summed E-state index contributed by atoms with van der Waals surface area (Å²) in [6.45, 7) is 4.15. The van der Waals surface area contributed by atoms with Gasteiger partial charge in [0.1, 0.15) is 0 Å². The standard InChI is InChI=1S/C15H27F3N2/c1-10(2)11-3-6-14(19)12(7-11)8-20(13-4-5-13)9-15(16,17)18/h10-14H,3-9,19H2,1-2H3. The van der Waals surface area contributed by atoms with Crippen LogP contribution >= 0.6 is 0 Å². The van der Waals surface area contributed by atoms with Gasteiger partial charge in [0.05, 0.1) is 6.54 Å². The predicted molar refractivity (Wildman–Crippen MR) is 74.3 cm³/mol. The van der Waals surface area contributed by atoms with Crippen LogP contribution in [0.3, 0.4) is 0 Å². The fourth-order valence-electron chi connectivity index (χ4n) is 3.45. The molecule has 0 aliphatic heterocycles. The van der Waals surface area contributed by atoms with Crippen molar-refractivity contribution in [2.75, 3.05) is 13.1 Å². The highest BCUT2D eigenvalue weighted by Gasteiger charge is 2.40. The molecule has 0 heterocycles. The third-order valence-corrected chi connectivity index (χ3v) is 4.94. The monoisotopic (exact) mass is 292 g/mol. The number of nitrogens with zero attached hydrogens (tertiary/aromatic N) is 1. The van der Waals surface area contributed by atoms with Crippen LogP contribution in [0.2, 0.25) is 0 Å². The van der Waals surface area contributed by atoms with Crippen molar-refractivity contribution in [3.8, 4) is 0 Å². The van der Waals surface area contributed by atoms with Crippen molar-refractivity contribution in [3.05, 3.63) is 0 Å². The molecule has 2 rings (SSSR count). The molecule has 0 radical (unpaired) electrons. The van der Waals surface area contributed by atoms with Gasteiger partial charge in [0.15, 0.2) is 0 Å². The number of hydrogen-bond donors (Lipinski definition) is 1. The zero-order valence-corrected chi connectivity index (χ0v) is 12.5. The van der Waals surface area contributed by atoms with Crippen LogP contribution in [-0.2, 0) is 0 Å². The number of halogens is 3. The van der Waals surface area contributed by atoms with Crippen LogP contribution in [0, 0.1) is 17.8 Å². The maximum atomic E-state index is 12.7. The molecule has 3 atom stereocenters. The van der Waals surface area contributed by atoms with Crippen LogP contribution in [0.1, 0.15) is 46.0 Å². The average molecular weight is 292 g/mol. The predicted octanol–water partition coefficient (Wildman–Crippen LogP) is 3.41. The van der Waals surface area contributed by atoms with Crippen molar-refractivity contribution in [2.24, 2.45) is 23.5 Å². The molecule has 2 saturated carbocycles. The van der Waals surface area contributed by atoms with Crippen molar-refractivity contribution in [2.45, 2.75) is 64.2 Å². The van der Waals surface area contributed by atoms with E-state index in [1.165, 1.54) is 0 Å². The van der Waals surface area contributed by atoms with E-state index in [2.05, 4.69) is 13.8 Å². The highest BCUT2D eigenvalue weighted by molar-refractivity contribution is 4.91. The third kappa shape index (κ3) is 4.62. The van der Waals surface area contributed by atoms with E-state index in [0.717, 1.165) is 32.1 Å². The Kier molecular flexibility index (Phi) is 5.00. The zero-order valence-electron chi connectivity index (χ0n) is 12.5. The van der Waals surface area contributed by atoms with Crippen LogP contribution in [-0.4, -0.2) is 36.2 Å². The molecule has 0 amide bonds. The van der Waals surface area contributed by atoms with Gasteiger partial charge in [-0.05, 0) is 49.9 Å². The van der Waals surface area contributed by atoms with Crippen molar-refractivity contribution in [1.82, 2.24) is 4.90 Å². The number of alkyl halides is 3. The number of hydrogen-bond acceptors (Lipinski definition) is 2. The second-order valence-electron chi connectivity index (χ2n) is 7.02. The van der Waals surface area contributed by atoms with Gasteiger partial charge in [-0.25, -0.2) is 0 Å². The molecule has 5 heteroatoms. The van der Waals surface area contributed by atoms with Crippen LogP contribution < -0.4 is 5.73 Å². The summed E-state index contributed by atoms with van der Waals surface area (Å²) in [4.78, 5) is 1.63. The van der Waals surface area contributed by atoms with E-state index in [1.807, 2.05) is 0 Å². The van der Waals surface area contributed by atoms with E-state index in [4.69, 9.17) is 5.73 Å². The SMILES string of the molecule is CC(C)C1CCC(N)C(CN(CC(F)(F)F)C2CC2)C1. The van der Waals surface area contributed by atoms with Gasteiger partial charge in [-0.1, -0.05) is 13.8 Å². The lowest BCUT2D eigenvalue weighted by Crippen LogP contribution is -2.46. The van der Waals surface area contributed by atoms with Gasteiger partial charge in [-0.15, -0.1) is 0 Å². The lowest BCUT2D eigenvalue weighted by atomic mass is 9.73. The van der Waals surface area contributed by atoms with E-state index in [0.29, 0.717) is 18.4 Å². The molecule has 2 nitrogen and oxygen atoms in total. The minimum absolute atomic E-state index is 0.0690. The Morgan fingerprint density at radius 3 is 2.30 bits per heavy atom. The van der Waals surface area contributed by atoms with E-state index in [9.17, 15) is 13.2 Å². The van der Waals surface area contributed by atoms with E-state index >= 15 is 0 Å². The fourth-order valence-corrected chi connectivity index (χ4v) is 3.45. The second kappa shape index (κ2) is 6.22. The molecule has 0 aromatic carbocycles. The van der Waals surface area contributed by atoms with Gasteiger partial charge in [0, 0.05) is 18.6 Å². The first-order valence-corrected chi connectivity index (χ1v) is 7.82. The molecular weight excluding hydrogens is 265 g/mol. The maximum absolute atomic E-state index is 12.7. The maximum Gasteiger partial charge on any atom is 0.401 e. The van der Waals surface area contributed by atoms with Gasteiger partial charge >= 0.3 is 6.18 Å². The first-order valence-electron chi connectivity index (χ1n) is 7.82. The molecule has 2 aliphatic carbocycles. The van der Waals surface area contributed by atoms with E-state index < -0.39 is 12.7 Å². The second-order valence-corrected chi connectivity index (χ2v) is 7.02. The van der Waals surface area contributed by atoms with Crippen LogP contribution in [0.5, 0.6) is 0 Å². The topological polar surface area (TPSA) is 29.3 Å². The van der Waals surface area contributed by atoms with Crippen molar-refractivity contribution >= 4 is 0 Å². The molecular formula is C15H27F3N2. The summed E-state index contributed by atoms with van der Waals surface area (Å²) in [5, 5.41) is 0. The summed E-state index contributed by atoms with van der Waals surface area (Å²) in [6.07, 6.45) is 0.784. The van der Waals surface area contributed by atoms with Gasteiger partial charge in [-0.2, -0.15) is 13.2 Å². The molecule has 2 fully saturated rings. The molecule has 118 valence electrons. The smallest absolute Gasteiger partial charge is 0.327 e. The van der Waals surface area contributed by atoms with Gasteiger partial charge in [0.25, 0.3) is 0 Å². The van der Waals surface area contributed by atoms with E-state index in [-0.39, 0.29) is 18.0 Å². The Labute approximate surface area is 119 Å². The summed E-state index contributed by atoms with van der Waals surface area (Å²) < 4.78 is 38.0. The summed E-state index contributed by atoms with van der Waals surface area (Å²) >= 11 is 0. The van der Waals surface area contributed by atoms with Crippen molar-refractivity contribution < 1.29 is 13.2 Å². The lowest BCUT2D eigenvalue weighted by molar-refractivity contribution is -0.149. The first kappa shape index (κ1) is 16.1. The molecule has 20 heavy (non-hydrogen) atoms. The number of rotatable bonds is 5. The van der Waals surface area contributed by atoms with Crippen LogP contribution in [0.25, 0.3) is 0 Å². The van der Waals surface area contributed by atoms with Crippen molar-refractivity contribution in [1.29, 1.82) is 0 Å². The highest BCUT2D eigenvalue weighted by Crippen LogP contribution is 2.36. The average Bonchev–Trinajstić information content (AvgIpc) is 3.12. The molecule has 2 N–H and O–H groups in total. The molecule has 2 aliphatic rings. The summed E-state index contributed by atoms with van der Waals surface area (Å²) in [6, 6.07) is 0.211. The Balaban J connectivity index is 1.94. The molecule has 0 aromatic rings. The number of nitrogens with two attached hydrogens (primary N) is 1. The molecule has 3 unspecified atom stereocenters. The Bertz CT molecular complexity index is 313. The summed E-state index contributed by atoms with van der Waals surface area (Å²) in [5.41, 5.74) is 6.17. The molecule has 0 bridgehead atoms. The van der Waals surface area contributed by atoms with Crippen molar-refractivity contribution in [3.63, 3.8) is 0 Å². The Hall–Kier alpha value is -0.290. The third-order valence-electron chi connectivity index (χ3n) is 4.94. The van der Waals surface area contributed by atoms with Gasteiger partial charge in [-0.3, -0.25) is 4.90 Å². The lowest BCUT2D eigenvalue weighted by Gasteiger charge is -2.39. The molecule has 0 saturated heterocycles. The highest BCUT2D eigenvalue weighted by atomic mass is 19.4. The minimum Gasteiger partial charge on any atom is -0.327 e. The van der Waals surface area contributed by atoms with Gasteiger partial charge < -0.3 is 5.73 Å². The van der Waals surface area contributed by atoms with E-state index in [1.54, 1.807) is 4.90 Å². The normalized spacial score (nSPS) is 32.1. The largest absolute Gasteiger partial charge is 0.401 e. The van der Waals surface area contributed by atoms with Gasteiger partial charge in [0.2, 0.25) is 0 Å². The zero-order chi connectivity index (χ0) is 14.9. The molecule has 0 spiro atoms.